The Morgan fingerprint density at radius 2 is 1.94 bits per heavy atom. The van der Waals surface area contributed by atoms with Gasteiger partial charge in [-0.3, -0.25) is 10.1 Å². The Balaban J connectivity index is 1.53. The quantitative estimate of drug-likeness (QED) is 0.645. The van der Waals surface area contributed by atoms with Gasteiger partial charge in [0.25, 0.3) is 0 Å². The monoisotopic (exact) mass is 503 g/mol. The van der Waals surface area contributed by atoms with Gasteiger partial charge in [-0.05, 0) is 56.2 Å². The Morgan fingerprint density at radius 3 is 2.53 bits per heavy atom. The van der Waals surface area contributed by atoms with Crippen molar-refractivity contribution >= 4 is 15.9 Å². The predicted molar refractivity (Wildman–Crippen MR) is 119 cm³/mol. The minimum Gasteiger partial charge on any atom is -0.376 e. The normalized spacial score (nSPS) is 26.2. The molecule has 11 heteroatoms. The van der Waals surface area contributed by atoms with Crippen molar-refractivity contribution in [1.29, 1.82) is 0 Å². The van der Waals surface area contributed by atoms with E-state index in [1.807, 2.05) is 4.90 Å². The van der Waals surface area contributed by atoms with Crippen LogP contribution in [0.3, 0.4) is 0 Å². The van der Waals surface area contributed by atoms with Crippen LogP contribution in [0.4, 0.5) is 13.2 Å². The van der Waals surface area contributed by atoms with E-state index in [-0.39, 0.29) is 36.0 Å². The van der Waals surface area contributed by atoms with Crippen molar-refractivity contribution in [1.82, 2.24) is 14.5 Å². The molecule has 0 saturated carbocycles. The molecule has 0 bridgehead atoms. The molecule has 3 fully saturated rings. The molecule has 3 heterocycles. The van der Waals surface area contributed by atoms with Crippen LogP contribution in [0.5, 0.6) is 0 Å². The molecule has 3 aliphatic heterocycles. The van der Waals surface area contributed by atoms with E-state index in [4.69, 9.17) is 4.74 Å². The molecule has 1 amide bonds. The number of halogens is 3. The first-order valence-corrected chi connectivity index (χ1v) is 13.2. The van der Waals surface area contributed by atoms with Crippen molar-refractivity contribution in [2.75, 3.05) is 26.2 Å². The third-order valence-electron chi connectivity index (χ3n) is 6.99. The predicted octanol–water partition coefficient (Wildman–Crippen LogP) is 3.21. The summed E-state index contributed by atoms with van der Waals surface area (Å²) in [7, 11) is -4.10. The molecule has 3 aliphatic rings. The lowest BCUT2D eigenvalue weighted by molar-refractivity contribution is -0.137. The molecule has 7 nitrogen and oxygen atoms in total. The highest BCUT2D eigenvalue weighted by Gasteiger charge is 2.53. The molecule has 0 aliphatic carbocycles. The summed E-state index contributed by atoms with van der Waals surface area (Å²) in [6.45, 7) is 5.44. The fraction of sp³-hybridized carbons (Fsp3) is 0.696. The minimum atomic E-state index is -4.63. The second kappa shape index (κ2) is 9.40. The number of nitrogens with zero attached hydrogens (tertiary/aromatic N) is 2. The average Bonchev–Trinajstić information content (AvgIpc) is 3.37. The molecule has 0 unspecified atom stereocenters. The number of sulfonamides is 1. The molecule has 2 atom stereocenters. The molecular formula is C23H32F3N3O4S. The van der Waals surface area contributed by atoms with E-state index in [2.05, 4.69) is 19.2 Å². The fourth-order valence-corrected chi connectivity index (χ4v) is 6.73. The number of amides is 1. The van der Waals surface area contributed by atoms with Crippen LogP contribution in [0.2, 0.25) is 0 Å². The van der Waals surface area contributed by atoms with Gasteiger partial charge in [-0.15, -0.1) is 0 Å². The van der Waals surface area contributed by atoms with Gasteiger partial charge in [-0.1, -0.05) is 19.9 Å². The van der Waals surface area contributed by atoms with Gasteiger partial charge in [0.2, 0.25) is 15.9 Å². The number of rotatable bonds is 6. The number of piperidine rings is 1. The first kappa shape index (κ1) is 25.4. The maximum absolute atomic E-state index is 13.3. The summed E-state index contributed by atoms with van der Waals surface area (Å²) in [5, 5.41) is 3.50. The number of ether oxygens (including phenoxy) is 1. The molecule has 190 valence electrons. The Kier molecular flexibility index (Phi) is 7.03. The number of nitrogens with one attached hydrogen (secondary N) is 1. The number of benzene rings is 1. The zero-order chi connectivity index (χ0) is 24.7. The van der Waals surface area contributed by atoms with E-state index in [1.165, 1.54) is 10.4 Å². The van der Waals surface area contributed by atoms with Gasteiger partial charge in [0, 0.05) is 26.2 Å². The van der Waals surface area contributed by atoms with Gasteiger partial charge in [0.05, 0.1) is 28.3 Å². The van der Waals surface area contributed by atoms with E-state index in [0.717, 1.165) is 25.0 Å². The molecule has 34 heavy (non-hydrogen) atoms. The second-order valence-corrected chi connectivity index (χ2v) is 11.8. The van der Waals surface area contributed by atoms with Gasteiger partial charge in [-0.2, -0.15) is 17.5 Å². The van der Waals surface area contributed by atoms with Crippen LogP contribution in [0.25, 0.3) is 0 Å². The second-order valence-electron chi connectivity index (χ2n) is 9.87. The zero-order valence-electron chi connectivity index (χ0n) is 19.5. The van der Waals surface area contributed by atoms with Crippen molar-refractivity contribution in [2.45, 2.75) is 74.8 Å². The summed E-state index contributed by atoms with van der Waals surface area (Å²) in [5.41, 5.74) is -1.67. The lowest BCUT2D eigenvalue weighted by atomic mass is 9.96. The number of alkyl halides is 3. The fourth-order valence-electron chi connectivity index (χ4n) is 5.24. The lowest BCUT2D eigenvalue weighted by Gasteiger charge is -2.44. The van der Waals surface area contributed by atoms with Crippen LogP contribution >= 0.6 is 0 Å². The Labute approximate surface area is 198 Å². The number of carbonyl (C=O) groups excluding carboxylic acids is 1. The standard InChI is InChI=1S/C23H32F3N3O4S/c1-16(2)13-20-21(30)29(15-18-6-4-12-33-18)22(27-20)8-10-28(11-9-22)34(31,32)19-7-3-5-17(14-19)23(24,25)26/h3,5,7,14,16,18,20,27H,4,6,8-13,15H2,1-2H3/t18-,20-/m0/s1. The van der Waals surface area contributed by atoms with E-state index in [0.29, 0.717) is 44.4 Å². The Hall–Kier alpha value is -1.69. The minimum absolute atomic E-state index is 0.0124. The van der Waals surface area contributed by atoms with Crippen LogP contribution < -0.4 is 5.32 Å². The van der Waals surface area contributed by atoms with Crippen molar-refractivity contribution < 1.29 is 31.1 Å². The highest BCUT2D eigenvalue weighted by atomic mass is 32.2. The maximum atomic E-state index is 13.3. The van der Waals surface area contributed by atoms with Gasteiger partial charge in [-0.25, -0.2) is 8.42 Å². The van der Waals surface area contributed by atoms with Crippen LogP contribution in [0, 0.1) is 5.92 Å². The summed E-state index contributed by atoms with van der Waals surface area (Å²) >= 11 is 0. The highest BCUT2D eigenvalue weighted by molar-refractivity contribution is 7.89. The lowest BCUT2D eigenvalue weighted by Crippen LogP contribution is -2.60. The zero-order valence-corrected chi connectivity index (χ0v) is 20.3. The summed E-state index contributed by atoms with van der Waals surface area (Å²) in [6, 6.07) is 3.50. The van der Waals surface area contributed by atoms with E-state index >= 15 is 0 Å². The summed E-state index contributed by atoms with van der Waals surface area (Å²) in [5.74, 6) is 0.320. The van der Waals surface area contributed by atoms with Crippen LogP contribution in [0.15, 0.2) is 29.2 Å². The van der Waals surface area contributed by atoms with Crippen molar-refractivity contribution in [3.8, 4) is 0 Å². The topological polar surface area (TPSA) is 79.0 Å². The Bertz CT molecular complexity index is 1000. The van der Waals surface area contributed by atoms with E-state index < -0.39 is 27.4 Å². The maximum Gasteiger partial charge on any atom is 0.416 e. The van der Waals surface area contributed by atoms with Crippen molar-refractivity contribution in [3.63, 3.8) is 0 Å². The molecule has 1 aromatic rings. The molecule has 1 spiro atoms. The molecular weight excluding hydrogens is 471 g/mol. The largest absolute Gasteiger partial charge is 0.416 e. The molecule has 4 rings (SSSR count). The van der Waals surface area contributed by atoms with Crippen LogP contribution in [-0.4, -0.2) is 67.6 Å². The molecule has 1 aromatic carbocycles. The third kappa shape index (κ3) is 4.98. The van der Waals surface area contributed by atoms with Crippen molar-refractivity contribution in [2.24, 2.45) is 5.92 Å². The van der Waals surface area contributed by atoms with Crippen molar-refractivity contribution in [3.05, 3.63) is 29.8 Å². The molecule has 0 aromatic heterocycles. The number of hydrogen-bond acceptors (Lipinski definition) is 5. The van der Waals surface area contributed by atoms with Gasteiger partial charge in [0.1, 0.15) is 0 Å². The number of carbonyl (C=O) groups is 1. The van der Waals surface area contributed by atoms with Gasteiger partial charge in [0.15, 0.2) is 0 Å². The first-order valence-electron chi connectivity index (χ1n) is 11.8. The van der Waals surface area contributed by atoms with Crippen LogP contribution in [0.1, 0.15) is 51.5 Å². The first-order chi connectivity index (χ1) is 15.9. The summed E-state index contributed by atoms with van der Waals surface area (Å²) in [4.78, 5) is 14.8. The smallest absolute Gasteiger partial charge is 0.376 e. The van der Waals surface area contributed by atoms with Gasteiger partial charge >= 0.3 is 6.18 Å². The van der Waals surface area contributed by atoms with E-state index in [1.54, 1.807) is 0 Å². The van der Waals surface area contributed by atoms with E-state index in [9.17, 15) is 26.4 Å². The molecule has 1 N–H and O–H groups in total. The summed E-state index contributed by atoms with van der Waals surface area (Å²) < 4.78 is 72.6. The summed E-state index contributed by atoms with van der Waals surface area (Å²) in [6.07, 6.45) is -1.44. The molecule has 3 saturated heterocycles. The van der Waals surface area contributed by atoms with Crippen LogP contribution in [-0.2, 0) is 25.7 Å². The third-order valence-corrected chi connectivity index (χ3v) is 8.88. The molecule has 0 radical (unpaired) electrons. The Morgan fingerprint density at radius 1 is 1.24 bits per heavy atom. The number of hydrogen-bond donors (Lipinski definition) is 1. The SMILES string of the molecule is CC(C)C[C@@H]1NC2(CCN(S(=O)(=O)c3cccc(C(F)(F)F)c3)CC2)N(C[C@@H]2CCCO2)C1=O. The average molecular weight is 504 g/mol. The highest BCUT2D eigenvalue weighted by Crippen LogP contribution is 2.37. The van der Waals surface area contributed by atoms with Gasteiger partial charge < -0.3 is 9.64 Å².